The molecule has 1 aliphatic rings. The van der Waals surface area contributed by atoms with Crippen LogP contribution in [0.3, 0.4) is 0 Å². The van der Waals surface area contributed by atoms with Crippen LogP contribution in [0.25, 0.3) is 0 Å². The minimum absolute atomic E-state index is 0.329. The van der Waals surface area contributed by atoms with E-state index < -0.39 is 5.97 Å². The van der Waals surface area contributed by atoms with E-state index in [9.17, 15) is 4.79 Å². The third-order valence-electron chi connectivity index (χ3n) is 1.50. The van der Waals surface area contributed by atoms with Crippen LogP contribution in [0.1, 0.15) is 13.3 Å². The molecule has 0 spiro atoms. The van der Waals surface area contributed by atoms with Gasteiger partial charge < -0.3 is 10.4 Å². The summed E-state index contributed by atoms with van der Waals surface area (Å²) in [5.41, 5.74) is 0. The van der Waals surface area contributed by atoms with Crippen LogP contribution in [0, 0.1) is 5.92 Å². The van der Waals surface area contributed by atoms with Gasteiger partial charge in [-0.05, 0) is 12.3 Å². The monoisotopic (exact) mass is 128 g/mol. The molecular weight excluding hydrogens is 118 g/mol. The number of carboxylic acids is 1. The second kappa shape index (κ2) is 2.35. The highest BCUT2D eigenvalue weighted by molar-refractivity contribution is 5.74. The molecule has 0 aliphatic carbocycles. The Balaban J connectivity index is 2.39. The van der Waals surface area contributed by atoms with Gasteiger partial charge in [-0.3, -0.25) is 4.79 Å². The van der Waals surface area contributed by atoms with Crippen molar-refractivity contribution in [2.75, 3.05) is 6.54 Å². The van der Waals surface area contributed by atoms with Crippen LogP contribution in [0.15, 0.2) is 0 Å². The smallest absolute Gasteiger partial charge is 0.320 e. The SMILES string of the molecule is C[C]1CN[C@H](C(=O)O)C1. The molecule has 1 radical (unpaired) electrons. The summed E-state index contributed by atoms with van der Waals surface area (Å²) in [5.74, 6) is 0.481. The lowest BCUT2D eigenvalue weighted by Crippen LogP contribution is -2.29. The topological polar surface area (TPSA) is 49.3 Å². The molecule has 0 aromatic carbocycles. The molecule has 1 saturated heterocycles. The average molecular weight is 128 g/mol. The molecule has 1 fully saturated rings. The predicted molar refractivity (Wildman–Crippen MR) is 33.0 cm³/mol. The van der Waals surface area contributed by atoms with Gasteiger partial charge in [0.1, 0.15) is 6.04 Å². The normalized spacial score (nSPS) is 28.8. The van der Waals surface area contributed by atoms with Gasteiger partial charge >= 0.3 is 5.97 Å². The zero-order valence-electron chi connectivity index (χ0n) is 5.35. The molecule has 3 heteroatoms. The summed E-state index contributed by atoms with van der Waals surface area (Å²) in [4.78, 5) is 10.3. The van der Waals surface area contributed by atoms with Gasteiger partial charge in [-0.2, -0.15) is 0 Å². The van der Waals surface area contributed by atoms with E-state index in [0.29, 0.717) is 6.42 Å². The molecule has 1 atom stereocenters. The summed E-state index contributed by atoms with van der Waals surface area (Å²) in [6, 6.07) is -0.329. The van der Waals surface area contributed by atoms with E-state index in [0.717, 1.165) is 6.54 Å². The van der Waals surface area contributed by atoms with Gasteiger partial charge in [-0.1, -0.05) is 6.92 Å². The van der Waals surface area contributed by atoms with Crippen molar-refractivity contribution >= 4 is 5.97 Å². The van der Waals surface area contributed by atoms with E-state index >= 15 is 0 Å². The largest absolute Gasteiger partial charge is 0.480 e. The maximum atomic E-state index is 10.3. The van der Waals surface area contributed by atoms with E-state index in [2.05, 4.69) is 5.32 Å². The number of carboxylic acid groups (broad SMARTS) is 1. The Morgan fingerprint density at radius 1 is 1.89 bits per heavy atom. The molecular formula is C6H10NO2. The van der Waals surface area contributed by atoms with Crippen molar-refractivity contribution in [3.05, 3.63) is 5.92 Å². The minimum Gasteiger partial charge on any atom is -0.480 e. The number of aliphatic carboxylic acids is 1. The second-order valence-corrected chi connectivity index (χ2v) is 2.43. The molecule has 1 heterocycles. The Morgan fingerprint density at radius 2 is 2.56 bits per heavy atom. The molecule has 0 aromatic rings. The van der Waals surface area contributed by atoms with Crippen LogP contribution in [0.4, 0.5) is 0 Å². The van der Waals surface area contributed by atoms with Crippen LogP contribution >= 0.6 is 0 Å². The third-order valence-corrected chi connectivity index (χ3v) is 1.50. The van der Waals surface area contributed by atoms with E-state index in [1.807, 2.05) is 6.92 Å². The molecule has 51 valence electrons. The van der Waals surface area contributed by atoms with E-state index in [1.54, 1.807) is 0 Å². The fraction of sp³-hybridized carbons (Fsp3) is 0.667. The van der Waals surface area contributed by atoms with Gasteiger partial charge in [0.15, 0.2) is 0 Å². The van der Waals surface area contributed by atoms with Gasteiger partial charge in [0.2, 0.25) is 0 Å². The lowest BCUT2D eigenvalue weighted by atomic mass is 10.1. The van der Waals surface area contributed by atoms with Crippen molar-refractivity contribution in [1.82, 2.24) is 5.32 Å². The molecule has 1 aliphatic heterocycles. The van der Waals surface area contributed by atoms with Crippen LogP contribution < -0.4 is 5.32 Å². The van der Waals surface area contributed by atoms with Crippen LogP contribution in [-0.2, 0) is 4.79 Å². The number of rotatable bonds is 1. The molecule has 0 unspecified atom stereocenters. The lowest BCUT2D eigenvalue weighted by molar-refractivity contribution is -0.138. The summed E-state index contributed by atoms with van der Waals surface area (Å²) in [7, 11) is 0. The molecule has 3 nitrogen and oxygen atoms in total. The molecule has 0 amide bonds. The summed E-state index contributed by atoms with van der Waals surface area (Å²) < 4.78 is 0. The van der Waals surface area contributed by atoms with Crippen molar-refractivity contribution in [2.24, 2.45) is 0 Å². The Morgan fingerprint density at radius 3 is 2.78 bits per heavy atom. The summed E-state index contributed by atoms with van der Waals surface area (Å²) in [6.07, 6.45) is 0.690. The van der Waals surface area contributed by atoms with Gasteiger partial charge in [-0.15, -0.1) is 0 Å². The Hall–Kier alpha value is -0.570. The number of hydrogen-bond acceptors (Lipinski definition) is 2. The van der Waals surface area contributed by atoms with Gasteiger partial charge in [-0.25, -0.2) is 0 Å². The molecule has 0 aromatic heterocycles. The molecule has 0 saturated carbocycles. The highest BCUT2D eigenvalue weighted by Crippen LogP contribution is 2.14. The molecule has 1 rings (SSSR count). The van der Waals surface area contributed by atoms with E-state index in [1.165, 1.54) is 5.92 Å². The van der Waals surface area contributed by atoms with Gasteiger partial charge in [0.25, 0.3) is 0 Å². The fourth-order valence-corrected chi connectivity index (χ4v) is 0.965. The van der Waals surface area contributed by atoms with Crippen molar-refractivity contribution in [1.29, 1.82) is 0 Å². The van der Waals surface area contributed by atoms with Crippen LogP contribution in [0.5, 0.6) is 0 Å². The molecule has 2 N–H and O–H groups in total. The third kappa shape index (κ3) is 1.42. The minimum atomic E-state index is -0.744. The highest BCUT2D eigenvalue weighted by Gasteiger charge is 2.26. The van der Waals surface area contributed by atoms with Crippen molar-refractivity contribution in [3.8, 4) is 0 Å². The van der Waals surface area contributed by atoms with Gasteiger partial charge in [0, 0.05) is 6.54 Å². The maximum absolute atomic E-state index is 10.3. The fourth-order valence-electron chi connectivity index (χ4n) is 0.965. The van der Waals surface area contributed by atoms with Crippen LogP contribution in [-0.4, -0.2) is 23.7 Å². The summed E-state index contributed by atoms with van der Waals surface area (Å²) >= 11 is 0. The first-order valence-electron chi connectivity index (χ1n) is 2.97. The quantitative estimate of drug-likeness (QED) is 0.523. The summed E-state index contributed by atoms with van der Waals surface area (Å²) in [5, 5.41) is 11.3. The Kier molecular flexibility index (Phi) is 1.71. The predicted octanol–water partition coefficient (Wildman–Crippen LogP) is 0.0273. The molecule has 0 bridgehead atoms. The standard InChI is InChI=1S/C6H10NO2/c1-4-2-5(6(8)9)7-3-4/h5,7H,2-3H2,1H3,(H,8,9)/t5-/m0/s1. The zero-order chi connectivity index (χ0) is 6.85. The average Bonchev–Trinajstić information content (AvgIpc) is 2.14. The first kappa shape index (κ1) is 6.55. The maximum Gasteiger partial charge on any atom is 0.320 e. The first-order valence-corrected chi connectivity index (χ1v) is 2.97. The van der Waals surface area contributed by atoms with E-state index in [-0.39, 0.29) is 6.04 Å². The van der Waals surface area contributed by atoms with Crippen molar-refractivity contribution in [2.45, 2.75) is 19.4 Å². The first-order chi connectivity index (χ1) is 4.20. The number of nitrogens with one attached hydrogen (secondary N) is 1. The van der Waals surface area contributed by atoms with Crippen molar-refractivity contribution in [3.63, 3.8) is 0 Å². The highest BCUT2D eigenvalue weighted by atomic mass is 16.4. The lowest BCUT2D eigenvalue weighted by Gasteiger charge is -2.00. The summed E-state index contributed by atoms with van der Waals surface area (Å²) in [6.45, 7) is 2.73. The Bertz CT molecular complexity index is 124. The van der Waals surface area contributed by atoms with Crippen molar-refractivity contribution < 1.29 is 9.90 Å². The second-order valence-electron chi connectivity index (χ2n) is 2.43. The van der Waals surface area contributed by atoms with E-state index in [4.69, 9.17) is 5.11 Å². The molecule has 9 heavy (non-hydrogen) atoms. The van der Waals surface area contributed by atoms with Crippen LogP contribution in [0.2, 0.25) is 0 Å². The zero-order valence-corrected chi connectivity index (χ0v) is 5.35. The Labute approximate surface area is 54.1 Å². The van der Waals surface area contributed by atoms with Gasteiger partial charge in [0.05, 0.1) is 0 Å². The number of carbonyl (C=O) groups is 1. The number of hydrogen-bond donors (Lipinski definition) is 2.